The first kappa shape index (κ1) is 11.8. The van der Waals surface area contributed by atoms with Gasteiger partial charge in [0.2, 0.25) is 0 Å². The molecule has 1 aromatic carbocycles. The Morgan fingerprint density at radius 1 is 1.57 bits per heavy atom. The number of aliphatic hydroxyl groups excluding tert-OH is 1. The van der Waals surface area contributed by atoms with Crippen LogP contribution in [0, 0.1) is 5.82 Å². The molecule has 1 unspecified atom stereocenters. The second-order valence-electron chi connectivity index (χ2n) is 3.02. The summed E-state index contributed by atoms with van der Waals surface area (Å²) in [6.07, 6.45) is 0. The summed E-state index contributed by atoms with van der Waals surface area (Å²) in [4.78, 5) is 0. The van der Waals surface area contributed by atoms with Crippen molar-refractivity contribution < 1.29 is 9.50 Å². The van der Waals surface area contributed by atoms with Crippen molar-refractivity contribution in [3.05, 3.63) is 34.6 Å². The molecule has 0 radical (unpaired) electrons. The third-order valence-corrected chi connectivity index (χ3v) is 3.30. The smallest absolute Gasteiger partial charge is 0.145 e. The Morgan fingerprint density at radius 2 is 2.29 bits per heavy atom. The van der Waals surface area contributed by atoms with Crippen LogP contribution in [0.4, 0.5) is 4.39 Å². The molecule has 0 amide bonds. The Bertz CT molecular complexity index is 306. The van der Waals surface area contributed by atoms with E-state index in [1.807, 2.05) is 6.92 Å². The highest BCUT2D eigenvalue weighted by atomic mass is 35.5. The van der Waals surface area contributed by atoms with Gasteiger partial charge in [-0.3, -0.25) is 0 Å². The maximum atomic E-state index is 13.3. The summed E-state index contributed by atoms with van der Waals surface area (Å²) >= 11 is 7.13. The molecule has 0 bridgehead atoms. The van der Waals surface area contributed by atoms with Gasteiger partial charge in [0.15, 0.2) is 0 Å². The van der Waals surface area contributed by atoms with Gasteiger partial charge >= 0.3 is 0 Å². The zero-order valence-electron chi connectivity index (χ0n) is 7.84. The van der Waals surface area contributed by atoms with E-state index in [-0.39, 0.29) is 22.7 Å². The van der Waals surface area contributed by atoms with Crippen molar-refractivity contribution in [1.82, 2.24) is 0 Å². The van der Waals surface area contributed by atoms with Gasteiger partial charge in [-0.05, 0) is 11.6 Å². The van der Waals surface area contributed by atoms with Gasteiger partial charge in [0.25, 0.3) is 0 Å². The maximum absolute atomic E-state index is 13.3. The molecule has 14 heavy (non-hydrogen) atoms. The molecule has 0 aliphatic rings. The maximum Gasteiger partial charge on any atom is 0.145 e. The highest BCUT2D eigenvalue weighted by Gasteiger charge is 2.07. The first-order valence-electron chi connectivity index (χ1n) is 4.30. The monoisotopic (exact) mass is 234 g/mol. The lowest BCUT2D eigenvalue weighted by atomic mass is 10.2. The standard InChI is InChI=1S/C10H12ClFOS/c1-7(5-13)14-6-8-3-2-4-9(11)10(8)12/h2-4,7,13H,5-6H2,1H3. The number of thioether (sulfide) groups is 1. The molecule has 1 aromatic rings. The lowest BCUT2D eigenvalue weighted by molar-refractivity contribution is 0.300. The normalized spacial score (nSPS) is 12.9. The van der Waals surface area contributed by atoms with Crippen molar-refractivity contribution >= 4 is 23.4 Å². The zero-order chi connectivity index (χ0) is 10.6. The van der Waals surface area contributed by atoms with E-state index < -0.39 is 0 Å². The number of rotatable bonds is 4. The zero-order valence-corrected chi connectivity index (χ0v) is 9.41. The van der Waals surface area contributed by atoms with Crippen LogP contribution >= 0.6 is 23.4 Å². The molecule has 1 atom stereocenters. The van der Waals surface area contributed by atoms with Crippen LogP contribution in [0.15, 0.2) is 18.2 Å². The second-order valence-corrected chi connectivity index (χ2v) is 4.85. The van der Waals surface area contributed by atoms with Gasteiger partial charge in [-0.2, -0.15) is 11.8 Å². The third kappa shape index (κ3) is 3.15. The van der Waals surface area contributed by atoms with Gasteiger partial charge in [-0.15, -0.1) is 0 Å². The second kappa shape index (κ2) is 5.59. The quantitative estimate of drug-likeness (QED) is 0.864. The van der Waals surface area contributed by atoms with E-state index in [2.05, 4.69) is 0 Å². The fraction of sp³-hybridized carbons (Fsp3) is 0.400. The van der Waals surface area contributed by atoms with E-state index >= 15 is 0 Å². The van der Waals surface area contributed by atoms with Gasteiger partial charge in [0.05, 0.1) is 11.6 Å². The van der Waals surface area contributed by atoms with Crippen LogP contribution in [0.3, 0.4) is 0 Å². The molecule has 0 aromatic heterocycles. The van der Waals surface area contributed by atoms with Crippen LogP contribution in [-0.2, 0) is 5.75 Å². The van der Waals surface area contributed by atoms with E-state index in [0.717, 1.165) is 0 Å². The molecule has 1 N–H and O–H groups in total. The summed E-state index contributed by atoms with van der Waals surface area (Å²) in [6.45, 7) is 2.00. The number of aliphatic hydroxyl groups is 1. The number of halogens is 2. The van der Waals surface area contributed by atoms with Gasteiger partial charge < -0.3 is 5.11 Å². The highest BCUT2D eigenvalue weighted by molar-refractivity contribution is 7.99. The molecular weight excluding hydrogens is 223 g/mol. The van der Waals surface area contributed by atoms with Gasteiger partial charge in [0, 0.05) is 11.0 Å². The largest absolute Gasteiger partial charge is 0.395 e. The molecule has 0 saturated heterocycles. The predicted molar refractivity (Wildman–Crippen MR) is 59.3 cm³/mol. The summed E-state index contributed by atoms with van der Waals surface area (Å²) in [6, 6.07) is 4.96. The van der Waals surface area contributed by atoms with Crippen molar-refractivity contribution in [2.45, 2.75) is 17.9 Å². The van der Waals surface area contributed by atoms with Crippen LogP contribution < -0.4 is 0 Å². The fourth-order valence-electron chi connectivity index (χ4n) is 0.945. The Hall–Kier alpha value is -0.250. The lowest BCUT2D eigenvalue weighted by Crippen LogP contribution is -2.03. The first-order valence-corrected chi connectivity index (χ1v) is 5.73. The minimum atomic E-state index is -0.355. The average Bonchev–Trinajstić information content (AvgIpc) is 2.20. The SMILES string of the molecule is CC(CO)SCc1cccc(Cl)c1F. The summed E-state index contributed by atoms with van der Waals surface area (Å²) in [5.41, 5.74) is 0.586. The highest BCUT2D eigenvalue weighted by Crippen LogP contribution is 2.23. The Kier molecular flexibility index (Phi) is 4.72. The van der Waals surface area contributed by atoms with Gasteiger partial charge in [-0.1, -0.05) is 30.7 Å². The van der Waals surface area contributed by atoms with Crippen LogP contribution in [0.1, 0.15) is 12.5 Å². The average molecular weight is 235 g/mol. The molecule has 0 saturated carbocycles. The number of benzene rings is 1. The van der Waals surface area contributed by atoms with E-state index in [9.17, 15) is 4.39 Å². The minimum Gasteiger partial charge on any atom is -0.395 e. The van der Waals surface area contributed by atoms with Gasteiger partial charge in [0.1, 0.15) is 5.82 Å². The van der Waals surface area contributed by atoms with E-state index in [4.69, 9.17) is 16.7 Å². The predicted octanol–water partition coefficient (Wildman–Crippen LogP) is 3.09. The number of hydrogen-bond acceptors (Lipinski definition) is 2. The summed E-state index contributed by atoms with van der Waals surface area (Å²) in [5.74, 6) is 0.181. The molecule has 1 nitrogen and oxygen atoms in total. The van der Waals surface area contributed by atoms with E-state index in [1.54, 1.807) is 12.1 Å². The van der Waals surface area contributed by atoms with Crippen molar-refractivity contribution in [3.8, 4) is 0 Å². The number of hydrogen-bond donors (Lipinski definition) is 1. The third-order valence-electron chi connectivity index (χ3n) is 1.81. The van der Waals surface area contributed by atoms with Crippen molar-refractivity contribution in [3.63, 3.8) is 0 Å². The van der Waals surface area contributed by atoms with E-state index in [1.165, 1.54) is 17.8 Å². The van der Waals surface area contributed by atoms with Crippen molar-refractivity contribution in [1.29, 1.82) is 0 Å². The fourth-order valence-corrected chi connectivity index (χ4v) is 1.93. The van der Waals surface area contributed by atoms with Crippen LogP contribution in [0.2, 0.25) is 5.02 Å². The Morgan fingerprint density at radius 3 is 2.93 bits per heavy atom. The molecule has 0 aliphatic heterocycles. The summed E-state index contributed by atoms with van der Waals surface area (Å²) in [5, 5.41) is 9.07. The van der Waals surface area contributed by atoms with Crippen molar-refractivity contribution in [2.75, 3.05) is 6.61 Å². The minimum absolute atomic E-state index is 0.104. The molecule has 0 spiro atoms. The Labute approximate surface area is 92.3 Å². The molecule has 0 fully saturated rings. The van der Waals surface area contributed by atoms with Crippen molar-refractivity contribution in [2.24, 2.45) is 0 Å². The van der Waals surface area contributed by atoms with Crippen LogP contribution in [0.5, 0.6) is 0 Å². The summed E-state index contributed by atoms with van der Waals surface area (Å²) in [7, 11) is 0. The molecule has 1 rings (SSSR count). The summed E-state index contributed by atoms with van der Waals surface area (Å²) < 4.78 is 13.3. The molecule has 0 heterocycles. The van der Waals surface area contributed by atoms with Gasteiger partial charge in [-0.25, -0.2) is 4.39 Å². The van der Waals surface area contributed by atoms with Crippen LogP contribution in [-0.4, -0.2) is 17.0 Å². The molecule has 4 heteroatoms. The lowest BCUT2D eigenvalue weighted by Gasteiger charge is -2.08. The molecular formula is C10H12ClFOS. The van der Waals surface area contributed by atoms with E-state index in [0.29, 0.717) is 11.3 Å². The molecule has 0 aliphatic carbocycles. The topological polar surface area (TPSA) is 20.2 Å². The molecule has 78 valence electrons. The van der Waals surface area contributed by atoms with Crippen LogP contribution in [0.25, 0.3) is 0 Å². The Balaban J connectivity index is 2.63. The first-order chi connectivity index (χ1) is 6.65.